The smallest absolute Gasteiger partial charge is 0.241 e. The second kappa shape index (κ2) is 8.12. The number of carbonyl (C=O) groups is 1. The number of nitrogens with one attached hydrogen (secondary N) is 1. The van der Waals surface area contributed by atoms with Crippen molar-refractivity contribution in [1.82, 2.24) is 9.62 Å². The lowest BCUT2D eigenvalue weighted by atomic mass is 9.95. The summed E-state index contributed by atoms with van der Waals surface area (Å²) in [6, 6.07) is 0. The summed E-state index contributed by atoms with van der Waals surface area (Å²) in [5.41, 5.74) is 4.67. The van der Waals surface area contributed by atoms with Gasteiger partial charge in [0, 0.05) is 26.1 Å². The number of benzene rings is 1. The highest BCUT2D eigenvalue weighted by Crippen LogP contribution is 2.29. The van der Waals surface area contributed by atoms with Crippen LogP contribution in [0, 0.1) is 34.6 Å². The van der Waals surface area contributed by atoms with Crippen LogP contribution in [0.25, 0.3) is 0 Å². The van der Waals surface area contributed by atoms with E-state index in [1.54, 1.807) is 4.90 Å². The molecule has 0 unspecified atom stereocenters. The van der Waals surface area contributed by atoms with Gasteiger partial charge in [0.2, 0.25) is 15.9 Å². The minimum atomic E-state index is -3.64. The Morgan fingerprint density at radius 2 is 1.29 bits per heavy atom. The fourth-order valence-corrected chi connectivity index (χ4v) is 4.60. The predicted octanol–water partition coefficient (Wildman–Crippen LogP) is 2.77. The van der Waals surface area contributed by atoms with Gasteiger partial charge >= 0.3 is 0 Å². The van der Waals surface area contributed by atoms with Crippen molar-refractivity contribution in [3.63, 3.8) is 0 Å². The number of rotatable bonds is 7. The molecule has 0 aliphatic rings. The Labute approximate surface area is 146 Å². The number of nitrogens with zero attached hydrogens (tertiary/aromatic N) is 1. The molecule has 0 radical (unpaired) electrons. The van der Waals surface area contributed by atoms with Gasteiger partial charge in [-0.15, -0.1) is 0 Å². The van der Waals surface area contributed by atoms with Crippen molar-refractivity contribution >= 4 is 15.9 Å². The Kier molecular flexibility index (Phi) is 6.98. The van der Waals surface area contributed by atoms with E-state index in [1.807, 2.05) is 48.5 Å². The van der Waals surface area contributed by atoms with Crippen LogP contribution in [-0.2, 0) is 14.8 Å². The normalized spacial score (nSPS) is 11.6. The SMILES string of the molecule is CCN(CC)C(=O)CCNS(=O)(=O)c1c(C)c(C)c(C)c(C)c1C. The summed E-state index contributed by atoms with van der Waals surface area (Å²) in [4.78, 5) is 14.1. The van der Waals surface area contributed by atoms with E-state index in [2.05, 4.69) is 4.72 Å². The van der Waals surface area contributed by atoms with Gasteiger partial charge in [0.25, 0.3) is 0 Å². The maximum absolute atomic E-state index is 12.7. The van der Waals surface area contributed by atoms with Crippen LogP contribution in [0.5, 0.6) is 0 Å². The van der Waals surface area contributed by atoms with E-state index in [1.165, 1.54) is 0 Å². The van der Waals surface area contributed by atoms with Crippen molar-refractivity contribution in [2.75, 3.05) is 19.6 Å². The quantitative estimate of drug-likeness (QED) is 0.819. The minimum Gasteiger partial charge on any atom is -0.343 e. The van der Waals surface area contributed by atoms with E-state index in [9.17, 15) is 13.2 Å². The predicted molar refractivity (Wildman–Crippen MR) is 97.9 cm³/mol. The number of hydrogen-bond acceptors (Lipinski definition) is 3. The van der Waals surface area contributed by atoms with Gasteiger partial charge in [0.05, 0.1) is 4.90 Å². The summed E-state index contributed by atoms with van der Waals surface area (Å²) in [5, 5.41) is 0. The molecular weight excluding hydrogens is 324 g/mol. The van der Waals surface area contributed by atoms with Crippen molar-refractivity contribution in [2.45, 2.75) is 59.8 Å². The molecule has 0 aliphatic heterocycles. The maximum Gasteiger partial charge on any atom is 0.241 e. The molecular formula is C18H30N2O3S. The lowest BCUT2D eigenvalue weighted by Gasteiger charge is -2.20. The first kappa shape index (κ1) is 20.6. The zero-order valence-electron chi connectivity index (χ0n) is 15.9. The monoisotopic (exact) mass is 354 g/mol. The van der Waals surface area contributed by atoms with Crippen LogP contribution in [0.15, 0.2) is 4.90 Å². The van der Waals surface area contributed by atoms with Crippen molar-refractivity contribution < 1.29 is 13.2 Å². The fourth-order valence-electron chi connectivity index (χ4n) is 2.97. The van der Waals surface area contributed by atoms with E-state index in [0.29, 0.717) is 18.0 Å². The molecule has 24 heavy (non-hydrogen) atoms. The Bertz CT molecular complexity index is 691. The third kappa shape index (κ3) is 4.16. The minimum absolute atomic E-state index is 0.0348. The molecule has 6 heteroatoms. The van der Waals surface area contributed by atoms with Crippen molar-refractivity contribution in [3.05, 3.63) is 27.8 Å². The third-order valence-corrected chi connectivity index (χ3v) is 6.68. The van der Waals surface area contributed by atoms with Crippen molar-refractivity contribution in [2.24, 2.45) is 0 Å². The van der Waals surface area contributed by atoms with Crippen LogP contribution in [0.1, 0.15) is 48.1 Å². The Morgan fingerprint density at radius 3 is 1.71 bits per heavy atom. The average Bonchev–Trinajstić information content (AvgIpc) is 2.52. The summed E-state index contributed by atoms with van der Waals surface area (Å²) >= 11 is 0. The first-order chi connectivity index (χ1) is 11.1. The summed E-state index contributed by atoms with van der Waals surface area (Å²) in [7, 11) is -3.64. The first-order valence-electron chi connectivity index (χ1n) is 8.42. The zero-order chi connectivity index (χ0) is 18.7. The van der Waals surface area contributed by atoms with Gasteiger partial charge in [-0.25, -0.2) is 13.1 Å². The molecule has 0 saturated carbocycles. The van der Waals surface area contributed by atoms with Crippen LogP contribution in [0.2, 0.25) is 0 Å². The molecule has 0 spiro atoms. The molecule has 0 heterocycles. The van der Waals surface area contributed by atoms with Gasteiger partial charge < -0.3 is 4.90 Å². The molecule has 0 saturated heterocycles. The maximum atomic E-state index is 12.7. The van der Waals surface area contributed by atoms with E-state index in [-0.39, 0.29) is 18.9 Å². The van der Waals surface area contributed by atoms with Crippen LogP contribution >= 0.6 is 0 Å². The Balaban J connectivity index is 3.01. The number of carbonyl (C=O) groups excluding carboxylic acids is 1. The van der Waals surface area contributed by atoms with Crippen LogP contribution < -0.4 is 4.72 Å². The Hall–Kier alpha value is -1.40. The molecule has 136 valence electrons. The topological polar surface area (TPSA) is 66.5 Å². The van der Waals surface area contributed by atoms with Crippen molar-refractivity contribution in [1.29, 1.82) is 0 Å². The second-order valence-electron chi connectivity index (χ2n) is 6.17. The highest BCUT2D eigenvalue weighted by molar-refractivity contribution is 7.89. The molecule has 0 atom stereocenters. The lowest BCUT2D eigenvalue weighted by molar-refractivity contribution is -0.130. The molecule has 1 rings (SSSR count). The number of hydrogen-bond donors (Lipinski definition) is 1. The van der Waals surface area contributed by atoms with Crippen LogP contribution in [0.4, 0.5) is 0 Å². The number of sulfonamides is 1. The van der Waals surface area contributed by atoms with Gasteiger partial charge in [-0.05, 0) is 76.3 Å². The van der Waals surface area contributed by atoms with E-state index in [0.717, 1.165) is 27.8 Å². The lowest BCUT2D eigenvalue weighted by Crippen LogP contribution is -2.34. The summed E-state index contributed by atoms with van der Waals surface area (Å²) in [6.45, 7) is 14.8. The standard InChI is InChI=1S/C18H30N2O3S/c1-8-20(9-2)17(21)10-11-19-24(22,23)18-15(6)13(4)12(3)14(5)16(18)7/h19H,8-11H2,1-7H3. The van der Waals surface area contributed by atoms with Gasteiger partial charge in [-0.2, -0.15) is 0 Å². The third-order valence-electron chi connectivity index (χ3n) is 4.95. The van der Waals surface area contributed by atoms with Crippen LogP contribution in [-0.4, -0.2) is 38.9 Å². The second-order valence-corrected chi connectivity index (χ2v) is 7.87. The highest BCUT2D eigenvalue weighted by atomic mass is 32.2. The summed E-state index contributed by atoms with van der Waals surface area (Å²) < 4.78 is 28.1. The molecule has 0 fully saturated rings. The average molecular weight is 355 g/mol. The molecule has 0 aromatic heterocycles. The molecule has 1 amide bonds. The molecule has 1 aromatic rings. The van der Waals surface area contributed by atoms with Gasteiger partial charge in [-0.3, -0.25) is 4.79 Å². The molecule has 1 aromatic carbocycles. The molecule has 5 nitrogen and oxygen atoms in total. The molecule has 1 N–H and O–H groups in total. The van der Waals surface area contributed by atoms with Crippen molar-refractivity contribution in [3.8, 4) is 0 Å². The summed E-state index contributed by atoms with van der Waals surface area (Å²) in [5.74, 6) is -0.0348. The van der Waals surface area contributed by atoms with Crippen LogP contribution in [0.3, 0.4) is 0 Å². The highest BCUT2D eigenvalue weighted by Gasteiger charge is 2.23. The van der Waals surface area contributed by atoms with Gasteiger partial charge in [0.15, 0.2) is 0 Å². The fraction of sp³-hybridized carbons (Fsp3) is 0.611. The summed E-state index contributed by atoms with van der Waals surface area (Å²) in [6.07, 6.45) is 0.169. The largest absolute Gasteiger partial charge is 0.343 e. The Morgan fingerprint density at radius 1 is 0.875 bits per heavy atom. The van der Waals surface area contributed by atoms with Gasteiger partial charge in [-0.1, -0.05) is 0 Å². The molecule has 0 aliphatic carbocycles. The zero-order valence-corrected chi connectivity index (χ0v) is 16.7. The number of amides is 1. The van der Waals surface area contributed by atoms with E-state index < -0.39 is 10.0 Å². The van der Waals surface area contributed by atoms with E-state index in [4.69, 9.17) is 0 Å². The molecule has 0 bridgehead atoms. The van der Waals surface area contributed by atoms with E-state index >= 15 is 0 Å². The first-order valence-corrected chi connectivity index (χ1v) is 9.91. The van der Waals surface area contributed by atoms with Gasteiger partial charge in [0.1, 0.15) is 0 Å².